The van der Waals surface area contributed by atoms with E-state index in [1.807, 2.05) is 11.3 Å². The first-order chi connectivity index (χ1) is 9.15. The van der Waals surface area contributed by atoms with Crippen molar-refractivity contribution < 1.29 is 4.52 Å². The van der Waals surface area contributed by atoms with Gasteiger partial charge in [0.1, 0.15) is 0 Å². The summed E-state index contributed by atoms with van der Waals surface area (Å²) in [6, 6.07) is 2.42. The van der Waals surface area contributed by atoms with Crippen molar-refractivity contribution in [3.63, 3.8) is 0 Å². The molecule has 0 radical (unpaired) electrons. The Morgan fingerprint density at radius 3 is 2.95 bits per heavy atom. The van der Waals surface area contributed by atoms with Gasteiger partial charge in [-0.3, -0.25) is 4.90 Å². The fourth-order valence-electron chi connectivity index (χ4n) is 2.41. The molecule has 0 saturated heterocycles. The van der Waals surface area contributed by atoms with Crippen LogP contribution in [0.4, 0.5) is 0 Å². The van der Waals surface area contributed by atoms with Crippen molar-refractivity contribution in [2.75, 3.05) is 6.54 Å². The molecule has 0 bridgehead atoms. The summed E-state index contributed by atoms with van der Waals surface area (Å²) in [6.45, 7) is 8.36. The van der Waals surface area contributed by atoms with Gasteiger partial charge in [0.05, 0.1) is 6.04 Å². The number of aromatic nitrogens is 2. The zero-order valence-corrected chi connectivity index (χ0v) is 12.4. The molecule has 0 aliphatic carbocycles. The normalized spacial score (nSPS) is 17.7. The van der Waals surface area contributed by atoms with Gasteiger partial charge in [0.25, 0.3) is 0 Å². The van der Waals surface area contributed by atoms with Gasteiger partial charge in [0.15, 0.2) is 5.82 Å². The summed E-state index contributed by atoms with van der Waals surface area (Å²) in [7, 11) is 0. The van der Waals surface area contributed by atoms with E-state index in [-0.39, 0.29) is 6.04 Å². The molecule has 4 nitrogen and oxygen atoms in total. The third-order valence-corrected chi connectivity index (χ3v) is 4.74. The summed E-state index contributed by atoms with van der Waals surface area (Å²) in [5.41, 5.74) is 1.45. The van der Waals surface area contributed by atoms with Crippen LogP contribution in [0.1, 0.15) is 54.9 Å². The minimum absolute atomic E-state index is 0.188. The highest BCUT2D eigenvalue weighted by molar-refractivity contribution is 7.10. The van der Waals surface area contributed by atoms with Crippen molar-refractivity contribution in [3.8, 4) is 0 Å². The molecule has 1 atom stereocenters. The Kier molecular flexibility index (Phi) is 3.41. The van der Waals surface area contributed by atoms with Crippen molar-refractivity contribution in [3.05, 3.63) is 33.6 Å². The second-order valence-electron chi connectivity index (χ2n) is 5.41. The first-order valence-electron chi connectivity index (χ1n) is 6.78. The first-order valence-corrected chi connectivity index (χ1v) is 7.66. The van der Waals surface area contributed by atoms with Crippen molar-refractivity contribution in [1.29, 1.82) is 0 Å². The lowest BCUT2D eigenvalue weighted by atomic mass is 10.1. The van der Waals surface area contributed by atoms with Gasteiger partial charge in [-0.25, -0.2) is 0 Å². The molecule has 19 heavy (non-hydrogen) atoms. The van der Waals surface area contributed by atoms with Gasteiger partial charge in [-0.2, -0.15) is 4.98 Å². The average molecular weight is 277 g/mol. The van der Waals surface area contributed by atoms with Gasteiger partial charge < -0.3 is 4.52 Å². The zero-order valence-electron chi connectivity index (χ0n) is 11.6. The van der Waals surface area contributed by atoms with E-state index in [1.54, 1.807) is 0 Å². The predicted molar refractivity (Wildman–Crippen MR) is 75.2 cm³/mol. The maximum absolute atomic E-state index is 5.41. The van der Waals surface area contributed by atoms with E-state index in [0.717, 1.165) is 31.2 Å². The zero-order chi connectivity index (χ0) is 13.4. The smallest absolute Gasteiger partial charge is 0.243 e. The molecule has 0 saturated carbocycles. The molecule has 1 aliphatic rings. The molecular formula is C14H19N3OS. The molecule has 1 unspecified atom stereocenters. The van der Waals surface area contributed by atoms with E-state index in [9.17, 15) is 0 Å². The number of nitrogens with zero attached hydrogens (tertiary/aromatic N) is 3. The Bertz CT molecular complexity index is 561. The molecule has 2 aromatic heterocycles. The molecule has 3 rings (SSSR count). The van der Waals surface area contributed by atoms with Crippen LogP contribution >= 0.6 is 11.3 Å². The van der Waals surface area contributed by atoms with Crippen LogP contribution in [0, 0.1) is 0 Å². The maximum atomic E-state index is 5.41. The summed E-state index contributed by atoms with van der Waals surface area (Å²) < 4.78 is 5.41. The van der Waals surface area contributed by atoms with Crippen LogP contribution in [0.15, 0.2) is 16.0 Å². The van der Waals surface area contributed by atoms with E-state index in [2.05, 4.69) is 47.3 Å². The molecule has 0 N–H and O–H groups in total. The molecule has 5 heteroatoms. The van der Waals surface area contributed by atoms with Crippen LogP contribution in [0.2, 0.25) is 0 Å². The average Bonchev–Trinajstić information content (AvgIpc) is 3.06. The van der Waals surface area contributed by atoms with Crippen LogP contribution in [0.3, 0.4) is 0 Å². The van der Waals surface area contributed by atoms with Crippen molar-refractivity contribution in [2.45, 2.75) is 45.7 Å². The van der Waals surface area contributed by atoms with E-state index in [0.29, 0.717) is 5.92 Å². The van der Waals surface area contributed by atoms with Crippen molar-refractivity contribution in [2.24, 2.45) is 0 Å². The summed E-state index contributed by atoms with van der Waals surface area (Å²) in [5.74, 6) is 1.85. The molecule has 2 aromatic rings. The van der Waals surface area contributed by atoms with E-state index in [1.165, 1.54) is 10.4 Å². The minimum atomic E-state index is 0.188. The lowest BCUT2D eigenvalue weighted by molar-refractivity contribution is 0.159. The molecule has 0 amide bonds. The second kappa shape index (κ2) is 5.06. The van der Waals surface area contributed by atoms with Crippen molar-refractivity contribution >= 4 is 11.3 Å². The standard InChI is InChI=1S/C14H19N3OS/c1-9(2)13-15-14(18-16-13)10(3)17-6-4-12-11(8-17)5-7-19-12/h5,7,9-10H,4,6,8H2,1-3H3. The Balaban J connectivity index is 1.75. The molecular weight excluding hydrogens is 258 g/mol. The number of hydrogen-bond acceptors (Lipinski definition) is 5. The van der Waals surface area contributed by atoms with Crippen LogP contribution in [0.5, 0.6) is 0 Å². The Morgan fingerprint density at radius 1 is 1.37 bits per heavy atom. The molecule has 0 fully saturated rings. The monoisotopic (exact) mass is 277 g/mol. The van der Waals surface area contributed by atoms with Gasteiger partial charge >= 0.3 is 0 Å². The topological polar surface area (TPSA) is 42.2 Å². The summed E-state index contributed by atoms with van der Waals surface area (Å²) in [5, 5.41) is 6.24. The fourth-order valence-corrected chi connectivity index (χ4v) is 3.30. The minimum Gasteiger partial charge on any atom is -0.338 e. The second-order valence-corrected chi connectivity index (χ2v) is 6.41. The summed E-state index contributed by atoms with van der Waals surface area (Å²) in [4.78, 5) is 8.45. The SMILES string of the molecule is CC(C)c1noc(C(C)N2CCc3sccc3C2)n1. The first kappa shape index (κ1) is 12.8. The largest absolute Gasteiger partial charge is 0.338 e. The van der Waals surface area contributed by atoms with Gasteiger partial charge in [-0.1, -0.05) is 19.0 Å². The third kappa shape index (κ3) is 2.44. The van der Waals surface area contributed by atoms with Crippen LogP contribution < -0.4 is 0 Å². The lowest BCUT2D eigenvalue weighted by Gasteiger charge is -2.30. The fraction of sp³-hybridized carbons (Fsp3) is 0.571. The Hall–Kier alpha value is -1.20. The van der Waals surface area contributed by atoms with Gasteiger partial charge in [0, 0.05) is 23.9 Å². The quantitative estimate of drug-likeness (QED) is 0.862. The summed E-state index contributed by atoms with van der Waals surface area (Å²) >= 11 is 1.86. The number of hydrogen-bond donors (Lipinski definition) is 0. The molecule has 1 aliphatic heterocycles. The third-order valence-electron chi connectivity index (χ3n) is 3.72. The Morgan fingerprint density at radius 2 is 2.21 bits per heavy atom. The predicted octanol–water partition coefficient (Wildman–Crippen LogP) is 3.37. The van der Waals surface area contributed by atoms with Crippen molar-refractivity contribution in [1.82, 2.24) is 15.0 Å². The van der Waals surface area contributed by atoms with E-state index >= 15 is 0 Å². The van der Waals surface area contributed by atoms with E-state index in [4.69, 9.17) is 4.52 Å². The number of rotatable bonds is 3. The molecule has 3 heterocycles. The Labute approximate surface area is 117 Å². The molecule has 0 spiro atoms. The highest BCUT2D eigenvalue weighted by Gasteiger charge is 2.26. The van der Waals surface area contributed by atoms with Gasteiger partial charge in [0.2, 0.25) is 5.89 Å². The lowest BCUT2D eigenvalue weighted by Crippen LogP contribution is -2.32. The molecule has 102 valence electrons. The van der Waals surface area contributed by atoms with Gasteiger partial charge in [-0.15, -0.1) is 11.3 Å². The molecule has 0 aromatic carbocycles. The highest BCUT2D eigenvalue weighted by Crippen LogP contribution is 2.29. The van der Waals surface area contributed by atoms with Crippen LogP contribution in [-0.2, 0) is 13.0 Å². The number of fused-ring (bicyclic) bond motifs is 1. The van der Waals surface area contributed by atoms with Crippen LogP contribution in [-0.4, -0.2) is 21.6 Å². The highest BCUT2D eigenvalue weighted by atomic mass is 32.1. The van der Waals surface area contributed by atoms with Gasteiger partial charge in [-0.05, 0) is 30.4 Å². The van der Waals surface area contributed by atoms with E-state index < -0.39 is 0 Å². The maximum Gasteiger partial charge on any atom is 0.243 e. The summed E-state index contributed by atoms with van der Waals surface area (Å²) in [6.07, 6.45) is 1.13. The number of thiophene rings is 1. The van der Waals surface area contributed by atoms with Crippen LogP contribution in [0.25, 0.3) is 0 Å².